The lowest BCUT2D eigenvalue weighted by Gasteiger charge is -2.14. The van der Waals surface area contributed by atoms with Gasteiger partial charge in [0, 0.05) is 19.2 Å². The highest BCUT2D eigenvalue weighted by molar-refractivity contribution is 5.25. The molecule has 1 saturated heterocycles. The molecule has 7 heteroatoms. The van der Waals surface area contributed by atoms with Gasteiger partial charge in [0.2, 0.25) is 0 Å². The quantitative estimate of drug-likeness (QED) is 0.741. The van der Waals surface area contributed by atoms with Crippen molar-refractivity contribution in [3.05, 3.63) is 28.4 Å². The van der Waals surface area contributed by atoms with Crippen molar-refractivity contribution >= 4 is 5.78 Å². The molecule has 3 heterocycles. The van der Waals surface area contributed by atoms with E-state index in [0.29, 0.717) is 18.2 Å². The van der Waals surface area contributed by atoms with Gasteiger partial charge in [0.15, 0.2) is 0 Å². The van der Waals surface area contributed by atoms with Crippen molar-refractivity contribution in [2.24, 2.45) is 11.7 Å². The minimum Gasteiger partial charge on any atom is -0.330 e. The Balaban J connectivity index is 1.81. The van der Waals surface area contributed by atoms with Gasteiger partial charge in [-0.15, -0.1) is 0 Å². The zero-order valence-electron chi connectivity index (χ0n) is 10.0. The number of H-pyrrole nitrogens is 1. The Morgan fingerprint density at radius 3 is 3.22 bits per heavy atom. The van der Waals surface area contributed by atoms with Crippen LogP contribution < -0.4 is 11.3 Å². The second-order valence-electron chi connectivity index (χ2n) is 4.73. The Bertz CT molecular complexity index is 603. The molecular formula is C11H16N6O. The zero-order chi connectivity index (χ0) is 12.5. The van der Waals surface area contributed by atoms with E-state index in [1.54, 1.807) is 6.07 Å². The van der Waals surface area contributed by atoms with E-state index in [2.05, 4.69) is 20.0 Å². The van der Waals surface area contributed by atoms with E-state index in [9.17, 15) is 4.79 Å². The highest BCUT2D eigenvalue weighted by Gasteiger charge is 2.21. The molecule has 96 valence electrons. The lowest BCUT2D eigenvalue weighted by molar-refractivity contribution is 0.314. The summed E-state index contributed by atoms with van der Waals surface area (Å²) in [5.41, 5.74) is 6.31. The highest BCUT2D eigenvalue weighted by atomic mass is 16.1. The van der Waals surface area contributed by atoms with Gasteiger partial charge in [-0.3, -0.25) is 14.8 Å². The van der Waals surface area contributed by atoms with Crippen LogP contribution in [0.1, 0.15) is 12.1 Å². The molecule has 0 amide bonds. The third-order valence-corrected chi connectivity index (χ3v) is 3.41. The molecule has 1 unspecified atom stereocenters. The Morgan fingerprint density at radius 1 is 1.56 bits per heavy atom. The molecule has 3 rings (SSSR count). The van der Waals surface area contributed by atoms with E-state index in [1.165, 1.54) is 10.8 Å². The SMILES string of the molecule is NCC1CCN(Cc2cc(=O)n3[nH]cnc3n2)C1. The van der Waals surface area contributed by atoms with Gasteiger partial charge in [0.05, 0.1) is 5.69 Å². The third kappa shape index (κ3) is 2.02. The highest BCUT2D eigenvalue weighted by Crippen LogP contribution is 2.16. The van der Waals surface area contributed by atoms with Crippen LogP contribution in [-0.2, 0) is 6.54 Å². The van der Waals surface area contributed by atoms with E-state index in [0.717, 1.165) is 31.7 Å². The molecule has 0 saturated carbocycles. The fraction of sp³-hybridized carbons (Fsp3) is 0.545. The summed E-state index contributed by atoms with van der Waals surface area (Å²) in [5.74, 6) is 0.993. The number of aromatic amines is 1. The number of hydrogen-bond donors (Lipinski definition) is 2. The maximum Gasteiger partial charge on any atom is 0.274 e. The van der Waals surface area contributed by atoms with Crippen molar-refractivity contribution in [3.8, 4) is 0 Å². The van der Waals surface area contributed by atoms with Crippen LogP contribution in [0.15, 0.2) is 17.2 Å². The second kappa shape index (κ2) is 4.51. The van der Waals surface area contributed by atoms with E-state index in [1.807, 2.05) is 0 Å². The fourth-order valence-corrected chi connectivity index (χ4v) is 2.43. The van der Waals surface area contributed by atoms with Crippen LogP contribution in [0.3, 0.4) is 0 Å². The lowest BCUT2D eigenvalue weighted by atomic mass is 10.1. The van der Waals surface area contributed by atoms with Crippen molar-refractivity contribution in [1.82, 2.24) is 24.5 Å². The molecule has 0 bridgehead atoms. The Labute approximate surface area is 104 Å². The summed E-state index contributed by atoms with van der Waals surface area (Å²) in [7, 11) is 0. The fourth-order valence-electron chi connectivity index (χ4n) is 2.43. The summed E-state index contributed by atoms with van der Waals surface area (Å²) < 4.78 is 1.33. The first-order valence-electron chi connectivity index (χ1n) is 6.11. The van der Waals surface area contributed by atoms with E-state index in [4.69, 9.17) is 5.73 Å². The van der Waals surface area contributed by atoms with Crippen LogP contribution in [0, 0.1) is 5.92 Å². The smallest absolute Gasteiger partial charge is 0.274 e. The average Bonchev–Trinajstić information content (AvgIpc) is 2.97. The molecule has 1 aliphatic rings. The van der Waals surface area contributed by atoms with Crippen LogP contribution in [0.2, 0.25) is 0 Å². The molecule has 0 aliphatic carbocycles. The number of fused-ring (bicyclic) bond motifs is 1. The van der Waals surface area contributed by atoms with Gasteiger partial charge in [0.25, 0.3) is 11.3 Å². The molecular weight excluding hydrogens is 232 g/mol. The van der Waals surface area contributed by atoms with Gasteiger partial charge in [-0.2, -0.15) is 4.52 Å². The maximum absolute atomic E-state index is 11.8. The summed E-state index contributed by atoms with van der Waals surface area (Å²) in [4.78, 5) is 22.4. The molecule has 1 aliphatic heterocycles. The van der Waals surface area contributed by atoms with Crippen molar-refractivity contribution in [2.75, 3.05) is 19.6 Å². The number of likely N-dealkylation sites (tertiary alicyclic amines) is 1. The van der Waals surface area contributed by atoms with Gasteiger partial charge in [-0.05, 0) is 25.4 Å². The minimum absolute atomic E-state index is 0.123. The number of nitrogens with two attached hydrogens (primary N) is 1. The lowest BCUT2D eigenvalue weighted by Crippen LogP contribution is -2.25. The molecule has 7 nitrogen and oxygen atoms in total. The van der Waals surface area contributed by atoms with Gasteiger partial charge in [-0.1, -0.05) is 0 Å². The number of nitrogens with zero attached hydrogens (tertiary/aromatic N) is 4. The minimum atomic E-state index is -0.123. The van der Waals surface area contributed by atoms with Crippen LogP contribution in [0.5, 0.6) is 0 Å². The van der Waals surface area contributed by atoms with Gasteiger partial charge in [-0.25, -0.2) is 9.97 Å². The third-order valence-electron chi connectivity index (χ3n) is 3.41. The van der Waals surface area contributed by atoms with Crippen molar-refractivity contribution in [2.45, 2.75) is 13.0 Å². The topological polar surface area (TPSA) is 92.3 Å². The molecule has 0 spiro atoms. The molecule has 1 fully saturated rings. The summed E-state index contributed by atoms with van der Waals surface area (Å²) in [6.45, 7) is 3.42. The standard InChI is InChI=1S/C11H16N6O/c12-4-8-1-2-16(5-8)6-9-3-10(18)17-11(15-9)13-7-14-17/h3,7-8H,1-2,4-6,12H2,(H,13,14,15). The Hall–Kier alpha value is -1.73. The number of nitrogens with one attached hydrogen (secondary N) is 1. The van der Waals surface area contributed by atoms with E-state index >= 15 is 0 Å². The summed E-state index contributed by atoms with van der Waals surface area (Å²) >= 11 is 0. The largest absolute Gasteiger partial charge is 0.330 e. The maximum atomic E-state index is 11.8. The van der Waals surface area contributed by atoms with Crippen LogP contribution in [-0.4, -0.2) is 44.1 Å². The summed E-state index contributed by atoms with van der Waals surface area (Å²) in [6, 6.07) is 1.56. The first-order chi connectivity index (χ1) is 8.76. The van der Waals surface area contributed by atoms with Crippen molar-refractivity contribution in [3.63, 3.8) is 0 Å². The van der Waals surface area contributed by atoms with Gasteiger partial charge < -0.3 is 5.73 Å². The predicted molar refractivity (Wildman–Crippen MR) is 66.0 cm³/mol. The van der Waals surface area contributed by atoms with Crippen LogP contribution in [0.25, 0.3) is 5.78 Å². The van der Waals surface area contributed by atoms with Gasteiger partial charge >= 0.3 is 0 Å². The second-order valence-corrected chi connectivity index (χ2v) is 4.73. The Morgan fingerprint density at radius 2 is 2.44 bits per heavy atom. The number of hydrogen-bond acceptors (Lipinski definition) is 5. The molecule has 3 N–H and O–H groups in total. The number of aromatic nitrogens is 4. The average molecular weight is 248 g/mol. The van der Waals surface area contributed by atoms with Crippen LogP contribution >= 0.6 is 0 Å². The zero-order valence-corrected chi connectivity index (χ0v) is 10.0. The van der Waals surface area contributed by atoms with Crippen molar-refractivity contribution < 1.29 is 0 Å². The predicted octanol–water partition coefficient (Wildman–Crippen LogP) is -0.802. The first kappa shape index (κ1) is 11.4. The van der Waals surface area contributed by atoms with E-state index in [-0.39, 0.29) is 5.56 Å². The van der Waals surface area contributed by atoms with Crippen LogP contribution in [0.4, 0.5) is 0 Å². The molecule has 0 aromatic carbocycles. The summed E-state index contributed by atoms with van der Waals surface area (Å²) in [5, 5.41) is 2.73. The first-order valence-corrected chi connectivity index (χ1v) is 6.11. The summed E-state index contributed by atoms with van der Waals surface area (Å²) in [6.07, 6.45) is 2.59. The number of rotatable bonds is 3. The molecule has 18 heavy (non-hydrogen) atoms. The molecule has 1 atom stereocenters. The van der Waals surface area contributed by atoms with E-state index < -0.39 is 0 Å². The normalized spacial score (nSPS) is 20.8. The molecule has 2 aromatic rings. The monoisotopic (exact) mass is 248 g/mol. The molecule has 2 aromatic heterocycles. The van der Waals surface area contributed by atoms with Gasteiger partial charge in [0.1, 0.15) is 6.33 Å². The Kier molecular flexibility index (Phi) is 2.85. The van der Waals surface area contributed by atoms with Crippen molar-refractivity contribution in [1.29, 1.82) is 0 Å². The molecule has 0 radical (unpaired) electrons.